The van der Waals surface area contributed by atoms with Crippen molar-refractivity contribution in [2.45, 2.75) is 139 Å². The van der Waals surface area contributed by atoms with Gasteiger partial charge in [-0.25, -0.2) is 0 Å². The summed E-state index contributed by atoms with van der Waals surface area (Å²) in [7, 11) is 3.34. The number of carbonyl (C=O) groups excluding carboxylic acids is 8. The predicted molar refractivity (Wildman–Crippen MR) is 285 cm³/mol. The maximum absolute atomic E-state index is 14.5. The fraction of sp³-hybridized carbons (Fsp3) is 0.519. The Balaban J connectivity index is 0.994. The molecule has 0 unspecified atom stereocenters. The van der Waals surface area contributed by atoms with E-state index in [1.165, 1.54) is 0 Å². The predicted octanol–water partition coefficient (Wildman–Crippen LogP) is 3.00. The minimum atomic E-state index is -1.09. The second kappa shape index (κ2) is 24.1. The SMILES string of the molecule is CN[C@@H](C)C(=O)N[C@H]1CCS[C@H]2CC(C)(C)[C@@H](C(=O)N[C@H](C(=O)NCc3ccc(CNC(=O)[C@@H](NC(=O)[C@H]4N5C(=O)[C@@H](NC(=O)[C@H](C)NC)CCS[C@H]5CC4(C)C)c4ccccc4)cc3)c3ccccc3)N2C1=O. The average molecular weight is 1050 g/mol. The van der Waals surface area contributed by atoms with Gasteiger partial charge in [0.25, 0.3) is 0 Å². The van der Waals surface area contributed by atoms with E-state index in [4.69, 9.17) is 0 Å². The highest BCUT2D eigenvalue weighted by atomic mass is 32.2. The molecule has 0 bridgehead atoms. The zero-order chi connectivity index (χ0) is 53.5. The molecule has 18 nitrogen and oxygen atoms in total. The quantitative estimate of drug-likeness (QED) is 0.0919. The van der Waals surface area contributed by atoms with Crippen LogP contribution in [0.5, 0.6) is 0 Å². The van der Waals surface area contributed by atoms with Gasteiger partial charge in [-0.2, -0.15) is 0 Å². The van der Waals surface area contributed by atoms with Crippen LogP contribution in [0.4, 0.5) is 0 Å². The maximum atomic E-state index is 14.5. The van der Waals surface area contributed by atoms with Gasteiger partial charge in [0, 0.05) is 13.1 Å². The van der Waals surface area contributed by atoms with Crippen LogP contribution in [0.3, 0.4) is 0 Å². The number of nitrogens with one attached hydrogen (secondary N) is 8. The molecular formula is C54H72N10O8S2. The molecule has 8 amide bonds. The lowest BCUT2D eigenvalue weighted by Crippen LogP contribution is -2.58. The largest absolute Gasteiger partial charge is 0.350 e. The van der Waals surface area contributed by atoms with Crippen molar-refractivity contribution in [1.29, 1.82) is 0 Å². The molecule has 4 saturated heterocycles. The first kappa shape index (κ1) is 55.8. The zero-order valence-electron chi connectivity index (χ0n) is 43.5. The van der Waals surface area contributed by atoms with Gasteiger partial charge in [0.15, 0.2) is 0 Å². The Bertz CT molecular complexity index is 2360. The van der Waals surface area contributed by atoms with Crippen molar-refractivity contribution in [3.05, 3.63) is 107 Å². The number of carbonyl (C=O) groups is 8. The second-order valence-corrected chi connectivity index (χ2v) is 23.6. The van der Waals surface area contributed by atoms with Crippen LogP contribution in [0.15, 0.2) is 84.9 Å². The molecule has 4 fully saturated rings. The van der Waals surface area contributed by atoms with Gasteiger partial charge in [0.1, 0.15) is 36.3 Å². The summed E-state index contributed by atoms with van der Waals surface area (Å²) in [6, 6.07) is 18.5. The molecule has 0 saturated carbocycles. The summed E-state index contributed by atoms with van der Waals surface area (Å²) >= 11 is 3.19. The number of nitrogens with zero attached hydrogens (tertiary/aromatic N) is 2. The van der Waals surface area contributed by atoms with Crippen LogP contribution in [0.2, 0.25) is 0 Å². The molecule has 74 heavy (non-hydrogen) atoms. The Morgan fingerprint density at radius 3 is 1.24 bits per heavy atom. The molecule has 4 heterocycles. The molecule has 7 rings (SSSR count). The summed E-state index contributed by atoms with van der Waals surface area (Å²) in [5.74, 6) is -1.84. The first-order valence-corrected chi connectivity index (χ1v) is 27.5. The number of likely N-dealkylation sites (N-methyl/N-ethyl adjacent to an activating group) is 2. The van der Waals surface area contributed by atoms with E-state index in [-0.39, 0.29) is 47.5 Å². The summed E-state index contributed by atoms with van der Waals surface area (Å²) in [5, 5.41) is 22.9. The molecule has 4 aliphatic rings. The Hall–Kier alpha value is -5.96. The maximum Gasteiger partial charge on any atom is 0.247 e. The summed E-state index contributed by atoms with van der Waals surface area (Å²) < 4.78 is 0. The van der Waals surface area contributed by atoms with Gasteiger partial charge in [-0.05, 0) is 98.2 Å². The smallest absolute Gasteiger partial charge is 0.247 e. The topological polar surface area (TPSA) is 239 Å². The van der Waals surface area contributed by atoms with Gasteiger partial charge in [0.2, 0.25) is 47.3 Å². The Morgan fingerprint density at radius 1 is 0.554 bits per heavy atom. The van der Waals surface area contributed by atoms with E-state index in [0.29, 0.717) is 48.3 Å². The first-order chi connectivity index (χ1) is 35.2. The molecule has 3 aromatic rings. The van der Waals surface area contributed by atoms with Crippen LogP contribution in [0, 0.1) is 10.8 Å². The van der Waals surface area contributed by atoms with Crippen molar-refractivity contribution in [3.8, 4) is 0 Å². The van der Waals surface area contributed by atoms with Crippen molar-refractivity contribution in [2.24, 2.45) is 10.8 Å². The fourth-order valence-corrected chi connectivity index (χ4v) is 13.4. The van der Waals surface area contributed by atoms with E-state index in [9.17, 15) is 38.4 Å². The number of amides is 8. The Morgan fingerprint density at radius 2 is 0.905 bits per heavy atom. The summed E-state index contributed by atoms with van der Waals surface area (Å²) in [6.45, 7) is 11.4. The van der Waals surface area contributed by atoms with Gasteiger partial charge in [0.05, 0.1) is 22.8 Å². The molecule has 0 radical (unpaired) electrons. The number of thioether (sulfide) groups is 2. The molecular weight excluding hydrogens is 981 g/mol. The molecule has 8 N–H and O–H groups in total. The van der Waals surface area contributed by atoms with Gasteiger partial charge < -0.3 is 52.3 Å². The number of rotatable bonds is 18. The zero-order valence-corrected chi connectivity index (χ0v) is 45.1. The number of hydrogen-bond donors (Lipinski definition) is 8. The summed E-state index contributed by atoms with van der Waals surface area (Å²) in [5.41, 5.74) is 1.35. The standard InChI is InChI=1S/C54H72N10O8S2/c1-31(55-7)45(65)59-37-23-25-73-39-27-53(3,4)43(63(39)51(37)71)49(69)61-41(35-15-11-9-12-16-35)47(67)57-29-33-19-21-34(22-20-33)30-58-48(68)42(36-17-13-10-14-18-36)62-50(70)44-54(5,6)28-40-64(44)52(72)38(24-26-74-40)60-46(66)32(2)56-8/h9-22,31-32,37-44,55-56H,23-30H2,1-8H3,(H,57,67)(H,58,68)(H,59,65)(H,60,66)(H,61,69)(H,62,70)/t31-,32-,37-,38-,39-,40-,41-,42-,43+,44+/m0/s1. The van der Waals surface area contributed by atoms with E-state index in [1.54, 1.807) is 110 Å². The van der Waals surface area contributed by atoms with Crippen molar-refractivity contribution < 1.29 is 38.4 Å². The minimum absolute atomic E-state index is 0.121. The van der Waals surface area contributed by atoms with Gasteiger partial charge in [-0.1, -0.05) is 113 Å². The average Bonchev–Trinajstić information content (AvgIpc) is 3.71. The van der Waals surface area contributed by atoms with Crippen molar-refractivity contribution in [3.63, 3.8) is 0 Å². The number of hydrogen-bond acceptors (Lipinski definition) is 12. The minimum Gasteiger partial charge on any atom is -0.350 e. The van der Waals surface area contributed by atoms with E-state index in [2.05, 4.69) is 42.5 Å². The van der Waals surface area contributed by atoms with E-state index < -0.39 is 82.8 Å². The number of benzene rings is 3. The van der Waals surface area contributed by atoms with E-state index >= 15 is 0 Å². The van der Waals surface area contributed by atoms with Crippen LogP contribution in [-0.4, -0.2) is 130 Å². The van der Waals surface area contributed by atoms with E-state index in [0.717, 1.165) is 11.1 Å². The Labute approximate surface area is 442 Å². The normalized spacial score (nSPS) is 24.6. The van der Waals surface area contributed by atoms with Crippen LogP contribution in [-0.2, 0) is 51.4 Å². The molecule has 0 aromatic heterocycles. The van der Waals surface area contributed by atoms with Crippen LogP contribution < -0.4 is 42.5 Å². The van der Waals surface area contributed by atoms with Gasteiger partial charge in [-0.15, -0.1) is 23.5 Å². The first-order valence-electron chi connectivity index (χ1n) is 25.4. The van der Waals surface area contributed by atoms with Crippen LogP contribution >= 0.6 is 23.5 Å². The molecule has 0 aliphatic carbocycles. The van der Waals surface area contributed by atoms with Crippen molar-refractivity contribution in [1.82, 2.24) is 52.3 Å². The third-order valence-electron chi connectivity index (χ3n) is 14.7. The Kier molecular flexibility index (Phi) is 18.2. The highest BCUT2D eigenvalue weighted by molar-refractivity contribution is 8.00. The molecule has 10 atom stereocenters. The summed E-state index contributed by atoms with van der Waals surface area (Å²) in [4.78, 5) is 115. The van der Waals surface area contributed by atoms with Crippen molar-refractivity contribution >= 4 is 70.8 Å². The lowest BCUT2D eigenvalue weighted by Gasteiger charge is -2.35. The second-order valence-electron chi connectivity index (χ2n) is 21.0. The highest BCUT2D eigenvalue weighted by Gasteiger charge is 2.56. The molecule has 0 spiro atoms. The summed E-state index contributed by atoms with van der Waals surface area (Å²) in [6.07, 6.45) is 1.98. The van der Waals surface area contributed by atoms with Crippen LogP contribution in [0.1, 0.15) is 102 Å². The van der Waals surface area contributed by atoms with Crippen molar-refractivity contribution in [2.75, 3.05) is 25.6 Å². The van der Waals surface area contributed by atoms with Crippen LogP contribution in [0.25, 0.3) is 0 Å². The van der Waals surface area contributed by atoms with E-state index in [1.807, 2.05) is 64.1 Å². The highest BCUT2D eigenvalue weighted by Crippen LogP contribution is 2.48. The van der Waals surface area contributed by atoms with Gasteiger partial charge in [-0.3, -0.25) is 38.4 Å². The third-order valence-corrected chi connectivity index (χ3v) is 17.2. The molecule has 398 valence electrons. The lowest BCUT2D eigenvalue weighted by molar-refractivity contribution is -0.144. The molecule has 4 aliphatic heterocycles. The monoisotopic (exact) mass is 1050 g/mol. The number of fused-ring (bicyclic) bond motifs is 2. The molecule has 3 aromatic carbocycles. The molecule has 20 heteroatoms. The fourth-order valence-electron chi connectivity index (χ4n) is 10.3. The lowest BCUT2D eigenvalue weighted by atomic mass is 9.83. The van der Waals surface area contributed by atoms with Gasteiger partial charge >= 0.3 is 0 Å². The third kappa shape index (κ3) is 12.7.